The maximum atomic E-state index is 13.0. The first-order chi connectivity index (χ1) is 14.0. The van der Waals surface area contributed by atoms with Gasteiger partial charge in [0.15, 0.2) is 0 Å². The van der Waals surface area contributed by atoms with Gasteiger partial charge in [-0.2, -0.15) is 0 Å². The smallest absolute Gasteiger partial charge is 0.270 e. The van der Waals surface area contributed by atoms with Crippen LogP contribution in [0, 0.1) is 10.1 Å². The quantitative estimate of drug-likeness (QED) is 0.506. The number of nitrogens with zero attached hydrogens (tertiary/aromatic N) is 4. The summed E-state index contributed by atoms with van der Waals surface area (Å²) in [6.07, 6.45) is 0. The van der Waals surface area contributed by atoms with Gasteiger partial charge < -0.3 is 14.4 Å². The molecule has 8 heteroatoms. The van der Waals surface area contributed by atoms with Crippen LogP contribution in [-0.2, 0) is 7.05 Å². The Bertz CT molecular complexity index is 1110. The number of hydrogen-bond acceptors (Lipinski definition) is 4. The molecule has 0 radical (unpaired) electrons. The lowest BCUT2D eigenvalue weighted by molar-refractivity contribution is -0.384. The van der Waals surface area contributed by atoms with E-state index < -0.39 is 4.92 Å². The third-order valence-electron chi connectivity index (χ3n) is 5.33. The van der Waals surface area contributed by atoms with Gasteiger partial charge in [0.05, 0.1) is 4.92 Å². The number of hydrogen-bond donors (Lipinski definition) is 0. The predicted molar refractivity (Wildman–Crippen MR) is 108 cm³/mol. The standard InChI is InChI=1S/C21H20N4O4/c1-22-18-8-3-2-5-15(18)14-19(22)21(27)24-11-9-23(10-12-24)20(26)16-6-4-7-17(13-16)25(28)29/h2-8,13-14H,9-12H2,1H3. The van der Waals surface area contributed by atoms with Crippen molar-refractivity contribution in [3.05, 3.63) is 76.0 Å². The molecular formula is C21H20N4O4. The van der Waals surface area contributed by atoms with Crippen molar-refractivity contribution in [3.8, 4) is 0 Å². The van der Waals surface area contributed by atoms with Gasteiger partial charge in [-0.3, -0.25) is 19.7 Å². The molecule has 2 aromatic carbocycles. The van der Waals surface area contributed by atoms with E-state index in [0.717, 1.165) is 10.9 Å². The second kappa shape index (κ2) is 7.38. The fraction of sp³-hybridized carbons (Fsp3) is 0.238. The highest BCUT2D eigenvalue weighted by atomic mass is 16.6. The van der Waals surface area contributed by atoms with Crippen molar-refractivity contribution in [2.75, 3.05) is 26.2 Å². The summed E-state index contributed by atoms with van der Waals surface area (Å²) in [6, 6.07) is 15.4. The minimum absolute atomic E-state index is 0.0638. The number of non-ortho nitro benzene ring substituents is 1. The van der Waals surface area contributed by atoms with E-state index >= 15 is 0 Å². The number of nitro benzene ring substituents is 1. The van der Waals surface area contributed by atoms with E-state index in [-0.39, 0.29) is 23.1 Å². The number of nitro groups is 1. The lowest BCUT2D eigenvalue weighted by atomic mass is 10.1. The van der Waals surface area contributed by atoms with Crippen LogP contribution in [-0.4, -0.2) is 57.3 Å². The summed E-state index contributed by atoms with van der Waals surface area (Å²) in [7, 11) is 1.87. The lowest BCUT2D eigenvalue weighted by Crippen LogP contribution is -2.50. The van der Waals surface area contributed by atoms with Gasteiger partial charge in [0.25, 0.3) is 17.5 Å². The van der Waals surface area contributed by atoms with E-state index in [0.29, 0.717) is 31.9 Å². The van der Waals surface area contributed by atoms with Crippen molar-refractivity contribution < 1.29 is 14.5 Å². The molecule has 148 valence electrons. The zero-order chi connectivity index (χ0) is 20.5. The SMILES string of the molecule is Cn1c(C(=O)N2CCN(C(=O)c3cccc([N+](=O)[O-])c3)CC2)cc2ccccc21. The van der Waals surface area contributed by atoms with Gasteiger partial charge in [-0.15, -0.1) is 0 Å². The number of fused-ring (bicyclic) bond motifs is 1. The van der Waals surface area contributed by atoms with Crippen LogP contribution in [0.2, 0.25) is 0 Å². The first-order valence-corrected chi connectivity index (χ1v) is 9.33. The number of carbonyl (C=O) groups is 2. The van der Waals surface area contributed by atoms with E-state index in [2.05, 4.69) is 0 Å². The number of amides is 2. The molecule has 3 aromatic rings. The Morgan fingerprint density at radius 1 is 0.897 bits per heavy atom. The van der Waals surface area contributed by atoms with Crippen LogP contribution in [0.5, 0.6) is 0 Å². The van der Waals surface area contributed by atoms with Crippen molar-refractivity contribution >= 4 is 28.4 Å². The molecule has 2 amide bonds. The number of benzene rings is 2. The minimum atomic E-state index is -0.517. The number of para-hydroxylation sites is 1. The molecule has 0 bridgehead atoms. The number of aryl methyl sites for hydroxylation is 1. The predicted octanol–water partition coefficient (Wildman–Crippen LogP) is 2.68. The van der Waals surface area contributed by atoms with Gasteiger partial charge in [-0.25, -0.2) is 0 Å². The summed E-state index contributed by atoms with van der Waals surface area (Å²) in [4.78, 5) is 39.5. The highest BCUT2D eigenvalue weighted by Gasteiger charge is 2.27. The zero-order valence-electron chi connectivity index (χ0n) is 15.9. The minimum Gasteiger partial charge on any atom is -0.340 e. The topological polar surface area (TPSA) is 88.7 Å². The zero-order valence-corrected chi connectivity index (χ0v) is 15.9. The average Bonchev–Trinajstić information content (AvgIpc) is 3.09. The molecule has 0 saturated carbocycles. The van der Waals surface area contributed by atoms with Crippen molar-refractivity contribution in [2.24, 2.45) is 7.05 Å². The summed E-state index contributed by atoms with van der Waals surface area (Å²) in [5.74, 6) is -0.323. The van der Waals surface area contributed by atoms with E-state index in [4.69, 9.17) is 0 Å². The molecule has 1 saturated heterocycles. The summed E-state index contributed by atoms with van der Waals surface area (Å²) >= 11 is 0. The monoisotopic (exact) mass is 392 g/mol. The van der Waals surface area contributed by atoms with Gasteiger partial charge in [0.1, 0.15) is 5.69 Å². The fourth-order valence-corrected chi connectivity index (χ4v) is 3.70. The second-order valence-electron chi connectivity index (χ2n) is 7.04. The van der Waals surface area contributed by atoms with Gasteiger partial charge in [0, 0.05) is 61.8 Å². The summed E-state index contributed by atoms with van der Waals surface area (Å²) in [5.41, 5.74) is 1.79. The Kier molecular flexibility index (Phi) is 4.75. The third kappa shape index (κ3) is 3.44. The van der Waals surface area contributed by atoms with Crippen molar-refractivity contribution in [2.45, 2.75) is 0 Å². The molecule has 1 aliphatic rings. The molecule has 1 aromatic heterocycles. The molecular weight excluding hydrogens is 372 g/mol. The van der Waals surface area contributed by atoms with E-state index in [9.17, 15) is 19.7 Å². The average molecular weight is 392 g/mol. The van der Waals surface area contributed by atoms with Crippen LogP contribution < -0.4 is 0 Å². The Morgan fingerprint density at radius 3 is 2.21 bits per heavy atom. The highest BCUT2D eigenvalue weighted by molar-refractivity contribution is 5.99. The third-order valence-corrected chi connectivity index (χ3v) is 5.33. The summed E-state index contributed by atoms with van der Waals surface area (Å²) in [6.45, 7) is 1.61. The molecule has 4 rings (SSSR count). The van der Waals surface area contributed by atoms with Gasteiger partial charge >= 0.3 is 0 Å². The van der Waals surface area contributed by atoms with Gasteiger partial charge in [-0.1, -0.05) is 24.3 Å². The molecule has 0 spiro atoms. The van der Waals surface area contributed by atoms with Crippen molar-refractivity contribution in [1.82, 2.24) is 14.4 Å². The van der Waals surface area contributed by atoms with Crippen LogP contribution >= 0.6 is 0 Å². The van der Waals surface area contributed by atoms with Crippen LogP contribution in [0.4, 0.5) is 5.69 Å². The first-order valence-electron chi connectivity index (χ1n) is 9.33. The number of piperazine rings is 1. The molecule has 0 aliphatic carbocycles. The highest BCUT2D eigenvalue weighted by Crippen LogP contribution is 2.21. The Balaban J connectivity index is 1.45. The van der Waals surface area contributed by atoms with E-state index in [1.807, 2.05) is 41.9 Å². The van der Waals surface area contributed by atoms with Crippen LogP contribution in [0.1, 0.15) is 20.8 Å². The largest absolute Gasteiger partial charge is 0.340 e. The van der Waals surface area contributed by atoms with Crippen molar-refractivity contribution in [3.63, 3.8) is 0 Å². The molecule has 2 heterocycles. The van der Waals surface area contributed by atoms with E-state index in [1.165, 1.54) is 18.2 Å². The first kappa shape index (κ1) is 18.7. The number of aromatic nitrogens is 1. The fourth-order valence-electron chi connectivity index (χ4n) is 3.70. The summed E-state index contributed by atoms with van der Waals surface area (Å²) < 4.78 is 1.89. The number of rotatable bonds is 3. The molecule has 1 aliphatic heterocycles. The molecule has 29 heavy (non-hydrogen) atoms. The Labute approximate surface area is 167 Å². The van der Waals surface area contributed by atoms with Crippen molar-refractivity contribution in [1.29, 1.82) is 0 Å². The van der Waals surface area contributed by atoms with Crippen LogP contribution in [0.25, 0.3) is 10.9 Å². The van der Waals surface area contributed by atoms with Gasteiger partial charge in [-0.05, 0) is 18.2 Å². The molecule has 8 nitrogen and oxygen atoms in total. The number of carbonyl (C=O) groups excluding carboxylic acids is 2. The molecule has 0 atom stereocenters. The van der Waals surface area contributed by atoms with E-state index in [1.54, 1.807) is 15.9 Å². The van der Waals surface area contributed by atoms with Crippen LogP contribution in [0.15, 0.2) is 54.6 Å². The maximum absolute atomic E-state index is 13.0. The summed E-state index contributed by atoms with van der Waals surface area (Å²) in [5, 5.41) is 11.9. The van der Waals surface area contributed by atoms with Gasteiger partial charge in [0.2, 0.25) is 0 Å². The second-order valence-corrected chi connectivity index (χ2v) is 7.04. The molecule has 1 fully saturated rings. The molecule has 0 unspecified atom stereocenters. The molecule has 0 N–H and O–H groups in total. The van der Waals surface area contributed by atoms with Crippen LogP contribution in [0.3, 0.4) is 0 Å². The normalized spacial score (nSPS) is 14.2. The Morgan fingerprint density at radius 2 is 1.55 bits per heavy atom. The Hall–Kier alpha value is -3.68. The lowest BCUT2D eigenvalue weighted by Gasteiger charge is -2.34. The maximum Gasteiger partial charge on any atom is 0.270 e.